The first-order valence-electron chi connectivity index (χ1n) is 9.06. The molecule has 2 N–H and O–H groups in total. The number of rotatable bonds is 8. The summed E-state index contributed by atoms with van der Waals surface area (Å²) in [5, 5.41) is 13.0. The van der Waals surface area contributed by atoms with Crippen molar-refractivity contribution in [2.45, 2.75) is 26.3 Å². The van der Waals surface area contributed by atoms with Crippen LogP contribution in [0.25, 0.3) is 0 Å². The van der Waals surface area contributed by atoms with Crippen LogP contribution in [-0.4, -0.2) is 43.2 Å². The van der Waals surface area contributed by atoms with E-state index in [2.05, 4.69) is 41.4 Å². The van der Waals surface area contributed by atoms with E-state index in [1.165, 1.54) is 17.7 Å². The predicted molar refractivity (Wildman–Crippen MR) is 109 cm³/mol. The maximum Gasteiger partial charge on any atom is 0.251 e. The number of phenols is 1. The number of likely N-dealkylation sites (N-methyl/N-ethyl adjacent to an activating group) is 1. The summed E-state index contributed by atoms with van der Waals surface area (Å²) in [7, 11) is 3.96. The van der Waals surface area contributed by atoms with Crippen LogP contribution in [0, 0.1) is 0 Å². The number of halogens is 1. The minimum atomic E-state index is -0.269. The molecule has 6 heteroatoms. The van der Waals surface area contributed by atoms with Crippen molar-refractivity contribution in [2.75, 3.05) is 27.2 Å². The highest BCUT2D eigenvalue weighted by Crippen LogP contribution is 2.35. The molecule has 0 saturated carbocycles. The van der Waals surface area contributed by atoms with Crippen LogP contribution >= 0.6 is 11.6 Å². The van der Waals surface area contributed by atoms with Crippen LogP contribution in [-0.2, 0) is 6.42 Å². The minimum absolute atomic E-state index is 0.0406. The van der Waals surface area contributed by atoms with E-state index in [9.17, 15) is 9.90 Å². The highest BCUT2D eigenvalue weighted by atomic mass is 35.5. The van der Waals surface area contributed by atoms with E-state index in [-0.39, 0.29) is 28.5 Å². The standard InChI is InChI=1S/C21H27ClN2O3/c1-5-14-7-9-15(10-8-14)18(24(3)4)13-23-21(26)16-11-17(22)20(25)19(12-16)27-6-2/h7-12,18,25H,5-6,13H2,1-4H3,(H,23,26). The predicted octanol–water partition coefficient (Wildman–Crippen LogP) is 4.04. The molecule has 0 aromatic heterocycles. The Balaban J connectivity index is 2.13. The lowest BCUT2D eigenvalue weighted by atomic mass is 10.0. The van der Waals surface area contributed by atoms with Gasteiger partial charge in [-0.15, -0.1) is 0 Å². The molecule has 2 aromatic carbocycles. The Hall–Kier alpha value is -2.24. The molecule has 27 heavy (non-hydrogen) atoms. The van der Waals surface area contributed by atoms with Crippen molar-refractivity contribution in [3.8, 4) is 11.5 Å². The van der Waals surface area contributed by atoms with Crippen molar-refractivity contribution >= 4 is 17.5 Å². The third-order valence-electron chi connectivity index (χ3n) is 4.44. The average Bonchev–Trinajstić information content (AvgIpc) is 2.65. The van der Waals surface area contributed by atoms with Gasteiger partial charge in [0.05, 0.1) is 17.7 Å². The molecule has 1 unspecified atom stereocenters. The summed E-state index contributed by atoms with van der Waals surface area (Å²) in [4.78, 5) is 14.7. The molecule has 2 aromatic rings. The van der Waals surface area contributed by atoms with Gasteiger partial charge in [0.15, 0.2) is 11.5 Å². The zero-order chi connectivity index (χ0) is 20.0. The summed E-state index contributed by atoms with van der Waals surface area (Å²) in [5.41, 5.74) is 2.76. The normalized spacial score (nSPS) is 12.1. The Kier molecular flexibility index (Phi) is 7.51. The molecular weight excluding hydrogens is 364 g/mol. The summed E-state index contributed by atoms with van der Waals surface area (Å²) < 4.78 is 5.34. The molecule has 2 rings (SSSR count). The number of hydrogen-bond acceptors (Lipinski definition) is 4. The van der Waals surface area contributed by atoms with E-state index >= 15 is 0 Å². The molecule has 0 heterocycles. The lowest BCUT2D eigenvalue weighted by Gasteiger charge is -2.25. The van der Waals surface area contributed by atoms with Crippen LogP contribution in [0.5, 0.6) is 11.5 Å². The first-order valence-corrected chi connectivity index (χ1v) is 9.43. The fourth-order valence-corrected chi connectivity index (χ4v) is 3.05. The Morgan fingerprint density at radius 2 is 1.89 bits per heavy atom. The molecule has 0 saturated heterocycles. The van der Waals surface area contributed by atoms with Crippen molar-refractivity contribution in [3.63, 3.8) is 0 Å². The van der Waals surface area contributed by atoms with Gasteiger partial charge in [-0.2, -0.15) is 0 Å². The van der Waals surface area contributed by atoms with Crippen LogP contribution < -0.4 is 10.1 Å². The summed E-state index contributed by atoms with van der Waals surface area (Å²) in [5.74, 6) is -0.221. The van der Waals surface area contributed by atoms with Crippen LogP contribution in [0.15, 0.2) is 36.4 Å². The molecule has 0 radical (unpaired) electrons. The number of carbonyl (C=O) groups excluding carboxylic acids is 1. The Labute approximate surface area is 165 Å². The molecule has 5 nitrogen and oxygen atoms in total. The lowest BCUT2D eigenvalue weighted by molar-refractivity contribution is 0.0941. The van der Waals surface area contributed by atoms with E-state index in [4.69, 9.17) is 16.3 Å². The van der Waals surface area contributed by atoms with Gasteiger partial charge >= 0.3 is 0 Å². The second-order valence-corrected chi connectivity index (χ2v) is 6.93. The second-order valence-electron chi connectivity index (χ2n) is 6.52. The number of phenolic OH excluding ortho intramolecular Hbond substituents is 1. The van der Waals surface area contributed by atoms with E-state index in [1.807, 2.05) is 14.1 Å². The largest absolute Gasteiger partial charge is 0.503 e. The summed E-state index contributed by atoms with van der Waals surface area (Å²) in [6, 6.07) is 11.4. The van der Waals surface area contributed by atoms with E-state index in [0.717, 1.165) is 12.0 Å². The molecule has 1 atom stereocenters. The lowest BCUT2D eigenvalue weighted by Crippen LogP contribution is -2.34. The van der Waals surface area contributed by atoms with Gasteiger partial charge < -0.3 is 20.1 Å². The number of nitrogens with zero attached hydrogens (tertiary/aromatic N) is 1. The molecule has 0 aliphatic heterocycles. The van der Waals surface area contributed by atoms with Gasteiger partial charge in [-0.05, 0) is 50.7 Å². The minimum Gasteiger partial charge on any atom is -0.503 e. The number of ether oxygens (including phenoxy) is 1. The number of aryl methyl sites for hydroxylation is 1. The third kappa shape index (κ3) is 5.37. The van der Waals surface area contributed by atoms with E-state index < -0.39 is 0 Å². The van der Waals surface area contributed by atoms with E-state index in [0.29, 0.717) is 18.7 Å². The van der Waals surface area contributed by atoms with Gasteiger partial charge in [0.25, 0.3) is 5.91 Å². The molecule has 0 bridgehead atoms. The number of nitrogens with one attached hydrogen (secondary N) is 1. The van der Waals surface area contributed by atoms with Gasteiger partial charge in [0.1, 0.15) is 0 Å². The van der Waals surface area contributed by atoms with Crippen LogP contribution in [0.3, 0.4) is 0 Å². The van der Waals surface area contributed by atoms with Crippen molar-refractivity contribution in [1.82, 2.24) is 10.2 Å². The van der Waals surface area contributed by atoms with Crippen LogP contribution in [0.1, 0.15) is 41.4 Å². The molecule has 0 aliphatic carbocycles. The second kappa shape index (κ2) is 9.62. The zero-order valence-electron chi connectivity index (χ0n) is 16.3. The van der Waals surface area contributed by atoms with Gasteiger partial charge in [-0.25, -0.2) is 0 Å². The van der Waals surface area contributed by atoms with Crippen LogP contribution in [0.4, 0.5) is 0 Å². The molecule has 0 spiro atoms. The summed E-state index contributed by atoms with van der Waals surface area (Å²) in [6.07, 6.45) is 0.993. The highest BCUT2D eigenvalue weighted by Gasteiger charge is 2.18. The number of hydrogen-bond donors (Lipinski definition) is 2. The summed E-state index contributed by atoms with van der Waals surface area (Å²) in [6.45, 7) is 4.73. The summed E-state index contributed by atoms with van der Waals surface area (Å²) >= 11 is 6.02. The molecule has 0 aliphatic rings. The fraction of sp³-hybridized carbons (Fsp3) is 0.381. The topological polar surface area (TPSA) is 61.8 Å². The molecule has 146 valence electrons. The SMILES string of the molecule is CCOc1cc(C(=O)NCC(c2ccc(CC)cc2)N(C)C)cc(Cl)c1O. The number of amides is 1. The highest BCUT2D eigenvalue weighted by molar-refractivity contribution is 6.32. The number of carbonyl (C=O) groups is 1. The maximum absolute atomic E-state index is 12.6. The third-order valence-corrected chi connectivity index (χ3v) is 4.73. The van der Waals surface area contributed by atoms with Crippen molar-refractivity contribution < 1.29 is 14.6 Å². The number of benzene rings is 2. The first kappa shape index (κ1) is 21.1. The Morgan fingerprint density at radius 1 is 1.22 bits per heavy atom. The molecule has 0 fully saturated rings. The smallest absolute Gasteiger partial charge is 0.251 e. The first-order chi connectivity index (χ1) is 12.9. The van der Waals surface area contributed by atoms with E-state index in [1.54, 1.807) is 6.92 Å². The Bertz CT molecular complexity index is 776. The quantitative estimate of drug-likeness (QED) is 0.714. The average molecular weight is 391 g/mol. The maximum atomic E-state index is 12.6. The van der Waals surface area contributed by atoms with Crippen molar-refractivity contribution in [1.29, 1.82) is 0 Å². The monoisotopic (exact) mass is 390 g/mol. The fourth-order valence-electron chi connectivity index (χ4n) is 2.84. The molecular formula is C21H27ClN2O3. The van der Waals surface area contributed by atoms with Gasteiger partial charge in [-0.3, -0.25) is 4.79 Å². The number of aromatic hydroxyl groups is 1. The van der Waals surface area contributed by atoms with Gasteiger partial charge in [0, 0.05) is 12.1 Å². The van der Waals surface area contributed by atoms with Crippen LogP contribution in [0.2, 0.25) is 5.02 Å². The Morgan fingerprint density at radius 3 is 2.44 bits per heavy atom. The van der Waals surface area contributed by atoms with Gasteiger partial charge in [0.2, 0.25) is 0 Å². The molecule has 1 amide bonds. The van der Waals surface area contributed by atoms with Crippen molar-refractivity contribution in [3.05, 3.63) is 58.1 Å². The van der Waals surface area contributed by atoms with Crippen molar-refractivity contribution in [2.24, 2.45) is 0 Å². The van der Waals surface area contributed by atoms with Gasteiger partial charge in [-0.1, -0.05) is 42.8 Å². The zero-order valence-corrected chi connectivity index (χ0v) is 17.0.